The maximum absolute atomic E-state index is 12.5. The zero-order valence-corrected chi connectivity index (χ0v) is 34.1. The van der Waals surface area contributed by atoms with E-state index in [4.69, 9.17) is 14.0 Å². The lowest BCUT2D eigenvalue weighted by molar-refractivity contribution is -0.161. The van der Waals surface area contributed by atoms with Crippen LogP contribution < -0.4 is 0 Å². The zero-order chi connectivity index (χ0) is 38.2. The lowest BCUT2D eigenvalue weighted by atomic mass is 10.1. The molecule has 0 aliphatic carbocycles. The van der Waals surface area contributed by atoms with E-state index in [-0.39, 0.29) is 25.4 Å². The number of carbonyl (C=O) groups is 2. The van der Waals surface area contributed by atoms with Gasteiger partial charge in [-0.3, -0.25) is 18.6 Å². The van der Waals surface area contributed by atoms with Crippen LogP contribution in [0.3, 0.4) is 0 Å². The largest absolute Gasteiger partial charge is 0.472 e. The van der Waals surface area contributed by atoms with Crippen molar-refractivity contribution in [3.8, 4) is 0 Å². The van der Waals surface area contributed by atoms with Gasteiger partial charge < -0.3 is 14.4 Å². The Morgan fingerprint density at radius 3 is 1.46 bits per heavy atom. The van der Waals surface area contributed by atoms with Crippen LogP contribution in [0.2, 0.25) is 0 Å². The Labute approximate surface area is 318 Å². The van der Waals surface area contributed by atoms with Gasteiger partial charge in [-0.15, -0.1) is 0 Å². The van der Waals surface area contributed by atoms with Crippen molar-refractivity contribution in [2.75, 3.05) is 20.3 Å². The lowest BCUT2D eigenvalue weighted by Crippen LogP contribution is -2.29. The highest BCUT2D eigenvalue weighted by atomic mass is 31.2. The first-order chi connectivity index (χ1) is 25.3. The van der Waals surface area contributed by atoms with E-state index in [2.05, 4.69) is 79.1 Å². The standard InChI is InChI=1S/C43H75O8P/c1-4-6-8-10-12-14-16-18-20-21-22-24-25-27-29-31-33-35-37-42(44)49-39-41(40-50-52(46,47)48-3)51-43(45)38-36-34-32-30-28-26-23-19-17-15-13-11-9-7-5-2/h7,9,13-16,19-21,23,41H,4-6,8,10-12,17-18,22,24-40H2,1-3H3,(H,46,47)/b9-7-,15-13-,16-14-,21-20-,23-19-. The highest BCUT2D eigenvalue weighted by molar-refractivity contribution is 7.47. The van der Waals surface area contributed by atoms with Gasteiger partial charge in [0.2, 0.25) is 0 Å². The van der Waals surface area contributed by atoms with Crippen molar-refractivity contribution in [3.63, 3.8) is 0 Å². The van der Waals surface area contributed by atoms with E-state index in [1.54, 1.807) is 0 Å². The number of hydrogen-bond acceptors (Lipinski definition) is 7. The molecular formula is C43H75O8P. The summed E-state index contributed by atoms with van der Waals surface area (Å²) in [6, 6.07) is 0. The molecule has 0 spiro atoms. The third-order valence-corrected chi connectivity index (χ3v) is 9.43. The molecule has 0 amide bonds. The summed E-state index contributed by atoms with van der Waals surface area (Å²) < 4.78 is 31.9. The van der Waals surface area contributed by atoms with Crippen LogP contribution in [0.15, 0.2) is 60.8 Å². The number of phosphoric acid groups is 1. The molecule has 9 heteroatoms. The molecule has 0 aromatic rings. The quantitative estimate of drug-likeness (QED) is 0.0289. The molecule has 0 aromatic heterocycles. The van der Waals surface area contributed by atoms with Crippen molar-refractivity contribution in [2.45, 2.75) is 180 Å². The van der Waals surface area contributed by atoms with Crippen molar-refractivity contribution in [3.05, 3.63) is 60.8 Å². The van der Waals surface area contributed by atoms with Crippen molar-refractivity contribution >= 4 is 19.8 Å². The summed E-state index contributed by atoms with van der Waals surface area (Å²) in [4.78, 5) is 34.4. The maximum atomic E-state index is 12.5. The van der Waals surface area contributed by atoms with E-state index in [1.807, 2.05) is 0 Å². The summed E-state index contributed by atoms with van der Waals surface area (Å²) in [6.45, 7) is 3.73. The van der Waals surface area contributed by atoms with Crippen LogP contribution >= 0.6 is 7.82 Å². The van der Waals surface area contributed by atoms with Crippen LogP contribution in [0.1, 0.15) is 174 Å². The SMILES string of the molecule is CC/C=C\C/C=C\C/C=C\CCCCCCCC(=O)OC(COC(=O)CCCCCCCCC/C=C\C/C=C\CCCCCC)COP(=O)(O)OC. The number of rotatable bonds is 37. The number of allylic oxidation sites excluding steroid dienone is 10. The summed E-state index contributed by atoms with van der Waals surface area (Å²) in [5, 5.41) is 0. The van der Waals surface area contributed by atoms with Crippen LogP contribution in [0, 0.1) is 0 Å². The Morgan fingerprint density at radius 2 is 0.981 bits per heavy atom. The Hall–Kier alpha value is -2.25. The molecule has 0 aliphatic rings. The first-order valence-corrected chi connectivity index (χ1v) is 22.0. The Morgan fingerprint density at radius 1 is 0.558 bits per heavy atom. The van der Waals surface area contributed by atoms with E-state index < -0.39 is 26.5 Å². The first-order valence-electron chi connectivity index (χ1n) is 20.5. The average molecular weight is 751 g/mol. The zero-order valence-electron chi connectivity index (χ0n) is 33.2. The van der Waals surface area contributed by atoms with Crippen LogP contribution in [0.25, 0.3) is 0 Å². The molecule has 0 rings (SSSR count). The van der Waals surface area contributed by atoms with Gasteiger partial charge in [0.15, 0.2) is 6.10 Å². The van der Waals surface area contributed by atoms with E-state index >= 15 is 0 Å². The summed E-state index contributed by atoms with van der Waals surface area (Å²) >= 11 is 0. The molecule has 300 valence electrons. The highest BCUT2D eigenvalue weighted by Gasteiger charge is 2.24. The molecule has 8 nitrogen and oxygen atoms in total. The fourth-order valence-corrected chi connectivity index (χ4v) is 5.81. The second kappa shape index (κ2) is 38.5. The minimum absolute atomic E-state index is 0.221. The average Bonchev–Trinajstić information content (AvgIpc) is 3.13. The fraction of sp³-hybridized carbons (Fsp3) is 0.721. The molecule has 0 saturated heterocycles. The summed E-state index contributed by atoms with van der Waals surface area (Å²) in [5.74, 6) is -0.836. The van der Waals surface area contributed by atoms with Gasteiger partial charge in [-0.25, -0.2) is 4.57 Å². The van der Waals surface area contributed by atoms with E-state index in [0.717, 1.165) is 97.0 Å². The van der Waals surface area contributed by atoms with Gasteiger partial charge >= 0.3 is 19.8 Å². The molecule has 0 fully saturated rings. The minimum Gasteiger partial charge on any atom is -0.462 e. The molecule has 2 unspecified atom stereocenters. The van der Waals surface area contributed by atoms with Crippen LogP contribution in [-0.4, -0.2) is 43.3 Å². The molecular weight excluding hydrogens is 675 g/mol. The van der Waals surface area contributed by atoms with Crippen LogP contribution in [0.4, 0.5) is 0 Å². The highest BCUT2D eigenvalue weighted by Crippen LogP contribution is 2.42. The van der Waals surface area contributed by atoms with Gasteiger partial charge in [0.25, 0.3) is 0 Å². The number of hydrogen-bond donors (Lipinski definition) is 1. The van der Waals surface area contributed by atoms with Crippen LogP contribution in [0.5, 0.6) is 0 Å². The number of unbranched alkanes of at least 4 members (excludes halogenated alkanes) is 16. The molecule has 0 aliphatic heterocycles. The van der Waals surface area contributed by atoms with Crippen molar-refractivity contribution in [2.24, 2.45) is 0 Å². The molecule has 52 heavy (non-hydrogen) atoms. The van der Waals surface area contributed by atoms with E-state index in [9.17, 15) is 19.0 Å². The van der Waals surface area contributed by atoms with Gasteiger partial charge in [-0.2, -0.15) is 0 Å². The lowest BCUT2D eigenvalue weighted by Gasteiger charge is -2.19. The van der Waals surface area contributed by atoms with Crippen LogP contribution in [-0.2, 0) is 32.7 Å². The molecule has 0 radical (unpaired) electrons. The van der Waals surface area contributed by atoms with Gasteiger partial charge in [-0.05, 0) is 77.0 Å². The molecule has 1 N–H and O–H groups in total. The first kappa shape index (κ1) is 49.8. The number of phosphoric ester groups is 1. The second-order valence-corrected chi connectivity index (χ2v) is 14.9. The van der Waals surface area contributed by atoms with Gasteiger partial charge in [0.1, 0.15) is 6.61 Å². The van der Waals surface area contributed by atoms with Crippen molar-refractivity contribution in [1.82, 2.24) is 0 Å². The number of ether oxygens (including phenoxy) is 2. The van der Waals surface area contributed by atoms with E-state index in [1.165, 1.54) is 51.4 Å². The van der Waals surface area contributed by atoms with E-state index in [0.29, 0.717) is 6.42 Å². The Balaban J connectivity index is 4.06. The van der Waals surface area contributed by atoms with Crippen molar-refractivity contribution in [1.29, 1.82) is 0 Å². The molecule has 0 bridgehead atoms. The molecule has 2 atom stereocenters. The van der Waals surface area contributed by atoms with Gasteiger partial charge in [0.05, 0.1) is 6.61 Å². The summed E-state index contributed by atoms with van der Waals surface area (Å²) in [7, 11) is -3.21. The monoisotopic (exact) mass is 751 g/mol. The topological polar surface area (TPSA) is 108 Å². The molecule has 0 aromatic carbocycles. The predicted octanol–water partition coefficient (Wildman–Crippen LogP) is 12.8. The smallest absolute Gasteiger partial charge is 0.462 e. The second-order valence-electron chi connectivity index (χ2n) is 13.4. The molecule has 0 saturated carbocycles. The maximum Gasteiger partial charge on any atom is 0.472 e. The summed E-state index contributed by atoms with van der Waals surface area (Å²) in [6.07, 6.45) is 47.0. The normalized spacial score (nSPS) is 14.0. The van der Waals surface area contributed by atoms with Gasteiger partial charge in [-0.1, -0.05) is 145 Å². The summed E-state index contributed by atoms with van der Waals surface area (Å²) in [5.41, 5.74) is 0. The van der Waals surface area contributed by atoms with Crippen molar-refractivity contribution < 1.29 is 37.6 Å². The Bertz CT molecular complexity index is 1030. The third kappa shape index (κ3) is 37.5. The predicted molar refractivity (Wildman–Crippen MR) is 216 cm³/mol. The third-order valence-electron chi connectivity index (χ3n) is 8.50. The Kier molecular flexibility index (Phi) is 36.8. The number of esters is 2. The molecule has 0 heterocycles. The number of carbonyl (C=O) groups excluding carboxylic acids is 2. The van der Waals surface area contributed by atoms with Gasteiger partial charge in [0, 0.05) is 20.0 Å². The minimum atomic E-state index is -4.27. The fourth-order valence-electron chi connectivity index (χ4n) is 5.35.